The first kappa shape index (κ1) is 20.5. The van der Waals surface area contributed by atoms with Gasteiger partial charge in [0.1, 0.15) is 0 Å². The fourth-order valence-corrected chi connectivity index (χ4v) is 4.02. The Morgan fingerprint density at radius 1 is 1.04 bits per heavy atom. The van der Waals surface area contributed by atoms with Gasteiger partial charge in [0.15, 0.2) is 0 Å². The number of carbonyl (C=O) groups excluding carboxylic acids is 1. The van der Waals surface area contributed by atoms with Crippen LogP contribution in [0.5, 0.6) is 0 Å². The topological polar surface area (TPSA) is 29.1 Å². The third-order valence-corrected chi connectivity index (χ3v) is 5.49. The lowest BCUT2D eigenvalue weighted by Crippen LogP contribution is -2.23. The van der Waals surface area contributed by atoms with Gasteiger partial charge in [0.25, 0.3) is 0 Å². The SMILES string of the molecule is O=C(/C=C/c1ccc(Cl)cc1Cl)NCCSCc1c(Cl)cccc1Cl. The van der Waals surface area contributed by atoms with Gasteiger partial charge in [0, 0.05) is 44.2 Å². The van der Waals surface area contributed by atoms with E-state index in [-0.39, 0.29) is 5.91 Å². The van der Waals surface area contributed by atoms with Crippen LogP contribution in [0.25, 0.3) is 6.08 Å². The molecule has 0 spiro atoms. The Morgan fingerprint density at radius 3 is 2.44 bits per heavy atom. The first-order valence-electron chi connectivity index (χ1n) is 7.39. The second-order valence-electron chi connectivity index (χ2n) is 5.04. The zero-order valence-electron chi connectivity index (χ0n) is 13.1. The van der Waals surface area contributed by atoms with E-state index in [0.717, 1.165) is 16.9 Å². The molecule has 0 atom stereocenters. The molecule has 7 heteroatoms. The molecule has 0 fully saturated rings. The van der Waals surface area contributed by atoms with Gasteiger partial charge in [-0.25, -0.2) is 0 Å². The van der Waals surface area contributed by atoms with Gasteiger partial charge in [-0.15, -0.1) is 0 Å². The normalized spacial score (nSPS) is 11.0. The van der Waals surface area contributed by atoms with Crippen LogP contribution in [0.4, 0.5) is 0 Å². The minimum absolute atomic E-state index is 0.178. The molecule has 2 aromatic carbocycles. The molecular formula is C18H15Cl4NOS. The third-order valence-electron chi connectivity index (χ3n) is 3.23. The van der Waals surface area contributed by atoms with Crippen LogP contribution in [0.1, 0.15) is 11.1 Å². The maximum absolute atomic E-state index is 11.8. The summed E-state index contributed by atoms with van der Waals surface area (Å²) in [6.07, 6.45) is 3.11. The minimum atomic E-state index is -0.178. The summed E-state index contributed by atoms with van der Waals surface area (Å²) in [6.45, 7) is 0.546. The summed E-state index contributed by atoms with van der Waals surface area (Å²) >= 11 is 25.8. The Kier molecular flexibility index (Phi) is 8.47. The predicted molar refractivity (Wildman–Crippen MR) is 111 cm³/mol. The van der Waals surface area contributed by atoms with Crippen molar-refractivity contribution in [3.63, 3.8) is 0 Å². The molecule has 0 bridgehead atoms. The Hall–Kier alpha value is -0.840. The lowest BCUT2D eigenvalue weighted by Gasteiger charge is -2.07. The van der Waals surface area contributed by atoms with E-state index < -0.39 is 0 Å². The van der Waals surface area contributed by atoms with Gasteiger partial charge in [-0.3, -0.25) is 4.79 Å². The predicted octanol–water partition coefficient (Wildman–Crippen LogP) is 6.36. The maximum Gasteiger partial charge on any atom is 0.244 e. The average Bonchev–Trinajstić information content (AvgIpc) is 2.56. The molecule has 0 saturated carbocycles. The van der Waals surface area contributed by atoms with Crippen molar-refractivity contribution in [3.05, 3.63) is 73.7 Å². The summed E-state index contributed by atoms with van der Waals surface area (Å²) in [5.41, 5.74) is 1.66. The van der Waals surface area contributed by atoms with Crippen LogP contribution in [0.2, 0.25) is 20.1 Å². The van der Waals surface area contributed by atoms with Crippen molar-refractivity contribution < 1.29 is 4.79 Å². The van der Waals surface area contributed by atoms with Crippen LogP contribution in [0.3, 0.4) is 0 Å². The summed E-state index contributed by atoms with van der Waals surface area (Å²) in [5.74, 6) is 1.27. The highest BCUT2D eigenvalue weighted by atomic mass is 35.5. The fourth-order valence-electron chi connectivity index (χ4n) is 1.95. The summed E-state index contributed by atoms with van der Waals surface area (Å²) in [6, 6.07) is 10.6. The van der Waals surface area contributed by atoms with Crippen LogP contribution in [-0.4, -0.2) is 18.2 Å². The number of thioether (sulfide) groups is 1. The van der Waals surface area contributed by atoms with Gasteiger partial charge in [-0.05, 0) is 41.5 Å². The molecule has 1 N–H and O–H groups in total. The highest BCUT2D eigenvalue weighted by molar-refractivity contribution is 7.98. The maximum atomic E-state index is 11.8. The molecule has 0 aliphatic heterocycles. The number of carbonyl (C=O) groups is 1. The Labute approximate surface area is 171 Å². The molecule has 1 amide bonds. The second kappa shape index (κ2) is 10.3. The number of hydrogen-bond acceptors (Lipinski definition) is 2. The Morgan fingerprint density at radius 2 is 1.76 bits per heavy atom. The molecule has 0 heterocycles. The zero-order valence-corrected chi connectivity index (χ0v) is 16.9. The number of rotatable bonds is 7. The number of benzene rings is 2. The van der Waals surface area contributed by atoms with Crippen LogP contribution >= 0.6 is 58.2 Å². The number of halogens is 4. The van der Waals surface area contributed by atoms with E-state index >= 15 is 0 Å². The molecule has 0 unspecified atom stereocenters. The number of hydrogen-bond donors (Lipinski definition) is 1. The monoisotopic (exact) mass is 433 g/mol. The van der Waals surface area contributed by atoms with E-state index in [9.17, 15) is 4.79 Å². The smallest absolute Gasteiger partial charge is 0.244 e. The second-order valence-corrected chi connectivity index (χ2v) is 7.81. The van der Waals surface area contributed by atoms with Crippen molar-refractivity contribution in [2.24, 2.45) is 0 Å². The van der Waals surface area contributed by atoms with Crippen molar-refractivity contribution in [3.8, 4) is 0 Å². The highest BCUT2D eigenvalue weighted by Crippen LogP contribution is 2.28. The first-order chi connectivity index (χ1) is 12.0. The van der Waals surface area contributed by atoms with E-state index in [4.69, 9.17) is 46.4 Å². The number of amides is 1. The fraction of sp³-hybridized carbons (Fsp3) is 0.167. The van der Waals surface area contributed by atoms with Crippen molar-refractivity contribution in [2.45, 2.75) is 5.75 Å². The van der Waals surface area contributed by atoms with E-state index in [1.807, 2.05) is 18.2 Å². The van der Waals surface area contributed by atoms with Crippen molar-refractivity contribution >= 4 is 70.1 Å². The molecule has 2 nitrogen and oxygen atoms in total. The Balaban J connectivity index is 1.73. The van der Waals surface area contributed by atoms with Gasteiger partial charge in [-0.1, -0.05) is 58.5 Å². The molecule has 25 heavy (non-hydrogen) atoms. The lowest BCUT2D eigenvalue weighted by atomic mass is 10.2. The molecular weight excluding hydrogens is 420 g/mol. The molecule has 0 saturated heterocycles. The molecule has 2 aromatic rings. The van der Waals surface area contributed by atoms with Crippen molar-refractivity contribution in [1.82, 2.24) is 5.32 Å². The van der Waals surface area contributed by atoms with Gasteiger partial charge < -0.3 is 5.32 Å². The van der Waals surface area contributed by atoms with Gasteiger partial charge >= 0.3 is 0 Å². The van der Waals surface area contributed by atoms with Crippen LogP contribution in [0.15, 0.2) is 42.5 Å². The molecule has 0 aliphatic carbocycles. The molecule has 2 rings (SSSR count). The summed E-state index contributed by atoms with van der Waals surface area (Å²) < 4.78 is 0. The molecule has 0 aromatic heterocycles. The van der Waals surface area contributed by atoms with Crippen LogP contribution in [0, 0.1) is 0 Å². The van der Waals surface area contributed by atoms with Crippen LogP contribution in [-0.2, 0) is 10.5 Å². The minimum Gasteiger partial charge on any atom is -0.352 e. The van der Waals surface area contributed by atoms with E-state index in [1.54, 1.807) is 36.0 Å². The van der Waals surface area contributed by atoms with E-state index in [2.05, 4.69) is 5.32 Å². The number of nitrogens with one attached hydrogen (secondary N) is 1. The summed E-state index contributed by atoms with van der Waals surface area (Å²) in [5, 5.41) is 5.20. The summed E-state index contributed by atoms with van der Waals surface area (Å²) in [7, 11) is 0. The zero-order chi connectivity index (χ0) is 18.2. The molecule has 132 valence electrons. The van der Waals surface area contributed by atoms with E-state index in [1.165, 1.54) is 6.08 Å². The van der Waals surface area contributed by atoms with Crippen LogP contribution < -0.4 is 5.32 Å². The first-order valence-corrected chi connectivity index (χ1v) is 10.1. The molecule has 0 radical (unpaired) electrons. The van der Waals surface area contributed by atoms with E-state index in [0.29, 0.717) is 32.4 Å². The molecule has 0 aliphatic rings. The lowest BCUT2D eigenvalue weighted by molar-refractivity contribution is -0.116. The largest absolute Gasteiger partial charge is 0.352 e. The van der Waals surface area contributed by atoms with Crippen molar-refractivity contribution in [2.75, 3.05) is 12.3 Å². The third kappa shape index (κ3) is 6.76. The summed E-state index contributed by atoms with van der Waals surface area (Å²) in [4.78, 5) is 11.8. The van der Waals surface area contributed by atoms with Crippen molar-refractivity contribution in [1.29, 1.82) is 0 Å². The highest BCUT2D eigenvalue weighted by Gasteiger charge is 2.05. The quantitative estimate of drug-likeness (QED) is 0.405. The Bertz CT molecular complexity index is 759. The van der Waals surface area contributed by atoms with Gasteiger partial charge in [-0.2, -0.15) is 11.8 Å². The van der Waals surface area contributed by atoms with Gasteiger partial charge in [0.05, 0.1) is 0 Å². The average molecular weight is 435 g/mol. The standard InChI is InChI=1S/C18H15Cl4NOS/c19-13-6-4-12(17(22)10-13)5-7-18(24)23-8-9-25-11-14-15(20)2-1-3-16(14)21/h1-7,10H,8-9,11H2,(H,23,24)/b7-5+. The van der Waals surface area contributed by atoms with Gasteiger partial charge in [0.2, 0.25) is 5.91 Å².